The zero-order chi connectivity index (χ0) is 18.0. The van der Waals surface area contributed by atoms with Gasteiger partial charge in [-0.15, -0.1) is 0 Å². The van der Waals surface area contributed by atoms with Crippen molar-refractivity contribution in [3.63, 3.8) is 0 Å². The van der Waals surface area contributed by atoms with Gasteiger partial charge in [0.2, 0.25) is 0 Å². The SMILES string of the molecule is Cc1cn2cccc(OCC(=O)Nc3ccc(C(C)(C)C)cc3)c2n1. The van der Waals surface area contributed by atoms with Gasteiger partial charge in [0.05, 0.1) is 5.69 Å². The third-order valence-corrected chi connectivity index (χ3v) is 3.96. The lowest BCUT2D eigenvalue weighted by atomic mass is 9.87. The van der Waals surface area contributed by atoms with Crippen LogP contribution in [0.25, 0.3) is 5.65 Å². The van der Waals surface area contributed by atoms with Crippen LogP contribution in [0, 0.1) is 6.92 Å². The van der Waals surface area contributed by atoms with Crippen LogP contribution in [0.4, 0.5) is 5.69 Å². The molecule has 3 aromatic rings. The van der Waals surface area contributed by atoms with Crippen LogP contribution in [0.1, 0.15) is 32.0 Å². The lowest BCUT2D eigenvalue weighted by Gasteiger charge is -2.19. The van der Waals surface area contributed by atoms with E-state index in [1.54, 1.807) is 0 Å². The molecule has 0 atom stereocenters. The van der Waals surface area contributed by atoms with Gasteiger partial charge in [-0.1, -0.05) is 32.9 Å². The second-order valence-electron chi connectivity index (χ2n) is 7.15. The standard InChI is InChI=1S/C20H23N3O2/c1-14-12-23-11-5-6-17(19(23)21-14)25-13-18(24)22-16-9-7-15(8-10-16)20(2,3)4/h5-12H,13H2,1-4H3,(H,22,24). The number of nitrogens with one attached hydrogen (secondary N) is 1. The summed E-state index contributed by atoms with van der Waals surface area (Å²) in [5.41, 5.74) is 3.69. The third kappa shape index (κ3) is 3.99. The fourth-order valence-corrected chi connectivity index (χ4v) is 2.62. The first-order valence-corrected chi connectivity index (χ1v) is 8.30. The van der Waals surface area contributed by atoms with E-state index in [0.29, 0.717) is 11.4 Å². The molecular formula is C20H23N3O2. The second kappa shape index (κ2) is 6.59. The van der Waals surface area contributed by atoms with Crippen molar-refractivity contribution in [1.29, 1.82) is 0 Å². The van der Waals surface area contributed by atoms with Crippen LogP contribution < -0.4 is 10.1 Å². The highest BCUT2D eigenvalue weighted by molar-refractivity contribution is 5.92. The number of benzene rings is 1. The summed E-state index contributed by atoms with van der Waals surface area (Å²) >= 11 is 0. The lowest BCUT2D eigenvalue weighted by Crippen LogP contribution is -2.20. The van der Waals surface area contributed by atoms with E-state index in [1.807, 2.05) is 60.1 Å². The van der Waals surface area contributed by atoms with E-state index in [4.69, 9.17) is 4.74 Å². The number of fused-ring (bicyclic) bond motifs is 1. The quantitative estimate of drug-likeness (QED) is 0.784. The van der Waals surface area contributed by atoms with Crippen LogP contribution in [-0.4, -0.2) is 21.9 Å². The van der Waals surface area contributed by atoms with Gasteiger partial charge in [-0.25, -0.2) is 4.98 Å². The molecule has 0 saturated heterocycles. The van der Waals surface area contributed by atoms with E-state index >= 15 is 0 Å². The molecular weight excluding hydrogens is 314 g/mol. The molecule has 2 heterocycles. The number of amides is 1. The Hall–Kier alpha value is -2.82. The molecule has 0 spiro atoms. The molecule has 0 fully saturated rings. The minimum atomic E-state index is -0.200. The molecule has 5 nitrogen and oxygen atoms in total. The Morgan fingerprint density at radius 1 is 1.20 bits per heavy atom. The molecule has 0 radical (unpaired) electrons. The largest absolute Gasteiger partial charge is 0.480 e. The number of aryl methyl sites for hydroxylation is 1. The molecule has 1 amide bonds. The summed E-state index contributed by atoms with van der Waals surface area (Å²) in [6.07, 6.45) is 3.82. The molecule has 0 saturated carbocycles. The molecule has 0 aliphatic carbocycles. The molecule has 1 N–H and O–H groups in total. The van der Waals surface area contributed by atoms with Crippen molar-refractivity contribution in [2.45, 2.75) is 33.1 Å². The van der Waals surface area contributed by atoms with Gasteiger partial charge in [0, 0.05) is 18.1 Å². The van der Waals surface area contributed by atoms with E-state index in [9.17, 15) is 4.79 Å². The number of aromatic nitrogens is 2. The van der Waals surface area contributed by atoms with Crippen LogP contribution in [-0.2, 0) is 10.2 Å². The predicted molar refractivity (Wildman–Crippen MR) is 99.2 cm³/mol. The maximum absolute atomic E-state index is 12.1. The number of anilines is 1. The summed E-state index contributed by atoms with van der Waals surface area (Å²) in [7, 11) is 0. The fraction of sp³-hybridized carbons (Fsp3) is 0.300. The highest BCUT2D eigenvalue weighted by Gasteiger charge is 2.13. The topological polar surface area (TPSA) is 55.6 Å². The van der Waals surface area contributed by atoms with Gasteiger partial charge in [-0.05, 0) is 42.2 Å². The first-order chi connectivity index (χ1) is 11.8. The molecule has 5 heteroatoms. The van der Waals surface area contributed by atoms with Crippen LogP contribution >= 0.6 is 0 Å². The Labute approximate surface area is 147 Å². The summed E-state index contributed by atoms with van der Waals surface area (Å²) in [6.45, 7) is 8.34. The summed E-state index contributed by atoms with van der Waals surface area (Å²) in [5, 5.41) is 2.85. The number of ether oxygens (including phenoxy) is 1. The average molecular weight is 337 g/mol. The lowest BCUT2D eigenvalue weighted by molar-refractivity contribution is -0.118. The fourth-order valence-electron chi connectivity index (χ4n) is 2.62. The maximum Gasteiger partial charge on any atom is 0.262 e. The Balaban J connectivity index is 1.63. The molecule has 1 aromatic carbocycles. The van der Waals surface area contributed by atoms with Crippen molar-refractivity contribution in [2.75, 3.05) is 11.9 Å². The third-order valence-electron chi connectivity index (χ3n) is 3.96. The zero-order valence-electron chi connectivity index (χ0n) is 15.0. The number of pyridine rings is 1. The molecule has 0 aliphatic heterocycles. The van der Waals surface area contributed by atoms with E-state index in [0.717, 1.165) is 11.4 Å². The molecule has 130 valence electrons. The molecule has 25 heavy (non-hydrogen) atoms. The molecule has 0 bridgehead atoms. The van der Waals surface area contributed by atoms with E-state index in [-0.39, 0.29) is 17.9 Å². The summed E-state index contributed by atoms with van der Waals surface area (Å²) in [5.74, 6) is 0.391. The monoisotopic (exact) mass is 337 g/mol. The number of hydrogen-bond acceptors (Lipinski definition) is 3. The highest BCUT2D eigenvalue weighted by atomic mass is 16.5. The number of rotatable bonds is 4. The number of carbonyl (C=O) groups excluding carboxylic acids is 1. The first-order valence-electron chi connectivity index (χ1n) is 8.30. The van der Waals surface area contributed by atoms with Gasteiger partial charge in [-0.3, -0.25) is 4.79 Å². The maximum atomic E-state index is 12.1. The summed E-state index contributed by atoms with van der Waals surface area (Å²) in [6, 6.07) is 11.6. The predicted octanol–water partition coefficient (Wildman–Crippen LogP) is 3.96. The molecule has 2 aromatic heterocycles. The van der Waals surface area contributed by atoms with Crippen molar-refractivity contribution < 1.29 is 9.53 Å². The summed E-state index contributed by atoms with van der Waals surface area (Å²) in [4.78, 5) is 16.6. The van der Waals surface area contributed by atoms with Crippen LogP contribution in [0.2, 0.25) is 0 Å². The molecule has 0 unspecified atom stereocenters. The Morgan fingerprint density at radius 3 is 2.60 bits per heavy atom. The van der Waals surface area contributed by atoms with Crippen LogP contribution in [0.5, 0.6) is 5.75 Å². The van der Waals surface area contributed by atoms with Gasteiger partial charge in [-0.2, -0.15) is 0 Å². The van der Waals surface area contributed by atoms with E-state index in [1.165, 1.54) is 5.56 Å². The number of imidazole rings is 1. The van der Waals surface area contributed by atoms with Crippen molar-refractivity contribution >= 4 is 17.2 Å². The number of hydrogen-bond donors (Lipinski definition) is 1. The van der Waals surface area contributed by atoms with Gasteiger partial charge < -0.3 is 14.5 Å². The highest BCUT2D eigenvalue weighted by Crippen LogP contribution is 2.23. The van der Waals surface area contributed by atoms with Crippen molar-refractivity contribution in [3.8, 4) is 5.75 Å². The van der Waals surface area contributed by atoms with Crippen LogP contribution in [0.3, 0.4) is 0 Å². The average Bonchev–Trinajstić information content (AvgIpc) is 2.93. The minimum absolute atomic E-state index is 0.0629. The van der Waals surface area contributed by atoms with Gasteiger partial charge in [0.1, 0.15) is 0 Å². The van der Waals surface area contributed by atoms with Gasteiger partial charge in [0.25, 0.3) is 5.91 Å². The van der Waals surface area contributed by atoms with Crippen molar-refractivity contribution in [2.24, 2.45) is 0 Å². The minimum Gasteiger partial charge on any atom is -0.480 e. The smallest absolute Gasteiger partial charge is 0.262 e. The Morgan fingerprint density at radius 2 is 1.92 bits per heavy atom. The Kier molecular flexibility index (Phi) is 4.49. The number of nitrogens with zero attached hydrogens (tertiary/aromatic N) is 2. The zero-order valence-corrected chi connectivity index (χ0v) is 15.0. The second-order valence-corrected chi connectivity index (χ2v) is 7.15. The Bertz CT molecular complexity index is 889. The number of carbonyl (C=O) groups is 1. The van der Waals surface area contributed by atoms with E-state index < -0.39 is 0 Å². The van der Waals surface area contributed by atoms with E-state index in [2.05, 4.69) is 31.1 Å². The van der Waals surface area contributed by atoms with Gasteiger partial charge >= 0.3 is 0 Å². The van der Waals surface area contributed by atoms with Gasteiger partial charge in [0.15, 0.2) is 18.0 Å². The molecule has 3 rings (SSSR count). The van der Waals surface area contributed by atoms with Crippen molar-refractivity contribution in [3.05, 3.63) is 60.0 Å². The summed E-state index contributed by atoms with van der Waals surface area (Å²) < 4.78 is 7.53. The first kappa shape index (κ1) is 17.0. The van der Waals surface area contributed by atoms with Crippen molar-refractivity contribution in [1.82, 2.24) is 9.38 Å². The van der Waals surface area contributed by atoms with Crippen LogP contribution in [0.15, 0.2) is 48.8 Å². The molecule has 0 aliphatic rings. The normalized spacial score (nSPS) is 11.5.